The minimum atomic E-state index is -0.268. The monoisotopic (exact) mass is 374 g/mol. The maximum absolute atomic E-state index is 12.4. The lowest BCUT2D eigenvalue weighted by Gasteiger charge is -2.08. The molecular formula is C22H18N2O4. The number of hydrogen-bond acceptors (Lipinski definition) is 4. The standard InChI is InChI=1S/C22H18N2O4/c25-21(23-13-15-4-2-1-3-5-15)16-6-8-17(9-7-16)22(26)24-18-10-11-19-20(12-18)28-14-27-19/h1-12H,13-14H2,(H,23,25)(H,24,26). The van der Waals surface area contributed by atoms with E-state index in [-0.39, 0.29) is 18.6 Å². The first-order valence-electron chi connectivity index (χ1n) is 8.82. The highest BCUT2D eigenvalue weighted by Crippen LogP contribution is 2.34. The number of nitrogens with one attached hydrogen (secondary N) is 2. The second-order valence-electron chi connectivity index (χ2n) is 6.27. The first-order valence-corrected chi connectivity index (χ1v) is 8.82. The van der Waals surface area contributed by atoms with Crippen molar-refractivity contribution >= 4 is 17.5 Å². The molecule has 0 saturated carbocycles. The van der Waals surface area contributed by atoms with Crippen LogP contribution in [0.3, 0.4) is 0 Å². The van der Waals surface area contributed by atoms with Gasteiger partial charge in [0.25, 0.3) is 11.8 Å². The van der Waals surface area contributed by atoms with Crippen LogP contribution >= 0.6 is 0 Å². The molecule has 1 heterocycles. The highest BCUT2D eigenvalue weighted by Gasteiger charge is 2.15. The number of carbonyl (C=O) groups excluding carboxylic acids is 2. The zero-order chi connectivity index (χ0) is 19.3. The molecule has 0 aliphatic carbocycles. The van der Waals surface area contributed by atoms with E-state index in [1.165, 1.54) is 0 Å². The van der Waals surface area contributed by atoms with Gasteiger partial charge in [0.05, 0.1) is 0 Å². The molecule has 3 aromatic carbocycles. The van der Waals surface area contributed by atoms with Crippen LogP contribution < -0.4 is 20.1 Å². The second kappa shape index (κ2) is 7.84. The van der Waals surface area contributed by atoms with Gasteiger partial charge in [-0.2, -0.15) is 0 Å². The minimum Gasteiger partial charge on any atom is -0.454 e. The van der Waals surface area contributed by atoms with Gasteiger partial charge < -0.3 is 20.1 Å². The Morgan fingerprint density at radius 1 is 0.786 bits per heavy atom. The summed E-state index contributed by atoms with van der Waals surface area (Å²) in [6.45, 7) is 0.632. The number of rotatable bonds is 5. The highest BCUT2D eigenvalue weighted by molar-refractivity contribution is 6.05. The van der Waals surface area contributed by atoms with Gasteiger partial charge in [-0.05, 0) is 42.0 Å². The molecule has 0 atom stereocenters. The van der Waals surface area contributed by atoms with Crippen LogP contribution in [0.4, 0.5) is 5.69 Å². The van der Waals surface area contributed by atoms with E-state index in [0.29, 0.717) is 34.9 Å². The number of benzene rings is 3. The smallest absolute Gasteiger partial charge is 0.255 e. The van der Waals surface area contributed by atoms with Crippen LogP contribution in [0.15, 0.2) is 72.8 Å². The van der Waals surface area contributed by atoms with Gasteiger partial charge in [0.2, 0.25) is 6.79 Å². The first-order chi connectivity index (χ1) is 13.7. The molecular weight excluding hydrogens is 356 g/mol. The molecule has 0 aromatic heterocycles. The van der Waals surface area contributed by atoms with Gasteiger partial charge in [-0.3, -0.25) is 9.59 Å². The van der Waals surface area contributed by atoms with Gasteiger partial charge in [0, 0.05) is 29.4 Å². The van der Waals surface area contributed by atoms with Crippen LogP contribution in [-0.2, 0) is 6.54 Å². The van der Waals surface area contributed by atoms with Gasteiger partial charge in [-0.25, -0.2) is 0 Å². The van der Waals surface area contributed by atoms with Gasteiger partial charge in [0.15, 0.2) is 11.5 Å². The number of carbonyl (C=O) groups is 2. The van der Waals surface area contributed by atoms with Crippen molar-refractivity contribution in [2.75, 3.05) is 12.1 Å². The zero-order valence-electron chi connectivity index (χ0n) is 15.0. The van der Waals surface area contributed by atoms with Crippen molar-refractivity contribution in [3.63, 3.8) is 0 Å². The van der Waals surface area contributed by atoms with Crippen molar-refractivity contribution in [1.82, 2.24) is 5.32 Å². The number of fused-ring (bicyclic) bond motifs is 1. The molecule has 6 heteroatoms. The molecule has 2 amide bonds. The Balaban J connectivity index is 1.37. The van der Waals surface area contributed by atoms with Crippen molar-refractivity contribution in [3.05, 3.63) is 89.5 Å². The summed E-state index contributed by atoms with van der Waals surface area (Å²) in [5, 5.41) is 5.67. The maximum Gasteiger partial charge on any atom is 0.255 e. The number of ether oxygens (including phenoxy) is 2. The van der Waals surface area contributed by atoms with Crippen molar-refractivity contribution < 1.29 is 19.1 Å². The quantitative estimate of drug-likeness (QED) is 0.715. The SMILES string of the molecule is O=C(NCc1ccccc1)c1ccc(C(=O)Nc2ccc3c(c2)OCO3)cc1. The topological polar surface area (TPSA) is 76.7 Å². The van der Waals surface area contributed by atoms with Crippen LogP contribution in [0, 0.1) is 0 Å². The Labute approximate surface area is 162 Å². The van der Waals surface area contributed by atoms with E-state index >= 15 is 0 Å². The Morgan fingerprint density at radius 2 is 1.46 bits per heavy atom. The van der Waals surface area contributed by atoms with E-state index < -0.39 is 0 Å². The predicted octanol–water partition coefficient (Wildman–Crippen LogP) is 3.60. The fourth-order valence-electron chi connectivity index (χ4n) is 2.83. The van der Waals surface area contributed by atoms with Crippen LogP contribution in [0.25, 0.3) is 0 Å². The average Bonchev–Trinajstić information content (AvgIpc) is 3.21. The lowest BCUT2D eigenvalue weighted by atomic mass is 10.1. The molecule has 3 aromatic rings. The van der Waals surface area contributed by atoms with E-state index in [4.69, 9.17) is 9.47 Å². The molecule has 0 saturated heterocycles. The summed E-state index contributed by atoms with van der Waals surface area (Å²) >= 11 is 0. The summed E-state index contributed by atoms with van der Waals surface area (Å²) in [5.74, 6) is 0.800. The normalized spacial score (nSPS) is 11.7. The van der Waals surface area contributed by atoms with Gasteiger partial charge in [-0.1, -0.05) is 30.3 Å². The molecule has 0 unspecified atom stereocenters. The van der Waals surface area contributed by atoms with E-state index in [1.54, 1.807) is 42.5 Å². The number of hydrogen-bond donors (Lipinski definition) is 2. The predicted molar refractivity (Wildman–Crippen MR) is 105 cm³/mol. The van der Waals surface area contributed by atoms with E-state index in [9.17, 15) is 9.59 Å². The van der Waals surface area contributed by atoms with E-state index in [0.717, 1.165) is 5.56 Å². The zero-order valence-corrected chi connectivity index (χ0v) is 15.0. The molecule has 140 valence electrons. The third-order valence-corrected chi connectivity index (χ3v) is 4.34. The number of anilines is 1. The summed E-state index contributed by atoms with van der Waals surface area (Å²) in [4.78, 5) is 24.7. The fourth-order valence-corrected chi connectivity index (χ4v) is 2.83. The van der Waals surface area contributed by atoms with Gasteiger partial charge >= 0.3 is 0 Å². The van der Waals surface area contributed by atoms with Crippen LogP contribution in [0.5, 0.6) is 11.5 Å². The largest absolute Gasteiger partial charge is 0.454 e. The highest BCUT2D eigenvalue weighted by atomic mass is 16.7. The third-order valence-electron chi connectivity index (χ3n) is 4.34. The Morgan fingerprint density at radius 3 is 2.21 bits per heavy atom. The number of amides is 2. The van der Waals surface area contributed by atoms with Crippen LogP contribution in [0.1, 0.15) is 26.3 Å². The molecule has 1 aliphatic heterocycles. The molecule has 0 bridgehead atoms. The lowest BCUT2D eigenvalue weighted by Crippen LogP contribution is -2.22. The summed E-state index contributed by atoms with van der Waals surface area (Å²) in [5.41, 5.74) is 2.59. The van der Waals surface area contributed by atoms with Crippen molar-refractivity contribution in [3.8, 4) is 11.5 Å². The molecule has 0 spiro atoms. The molecule has 1 aliphatic rings. The summed E-state index contributed by atoms with van der Waals surface area (Å²) in [6.07, 6.45) is 0. The van der Waals surface area contributed by atoms with E-state index in [1.807, 2.05) is 30.3 Å². The van der Waals surface area contributed by atoms with Crippen molar-refractivity contribution in [2.24, 2.45) is 0 Å². The van der Waals surface area contributed by atoms with Crippen molar-refractivity contribution in [2.45, 2.75) is 6.54 Å². The second-order valence-corrected chi connectivity index (χ2v) is 6.27. The molecule has 6 nitrogen and oxygen atoms in total. The van der Waals surface area contributed by atoms with Gasteiger partial charge in [0.1, 0.15) is 0 Å². The van der Waals surface area contributed by atoms with Crippen LogP contribution in [-0.4, -0.2) is 18.6 Å². The molecule has 2 N–H and O–H groups in total. The van der Waals surface area contributed by atoms with Crippen molar-refractivity contribution in [1.29, 1.82) is 0 Å². The summed E-state index contributed by atoms with van der Waals surface area (Å²) < 4.78 is 10.6. The Kier molecular flexibility index (Phi) is 4.93. The summed E-state index contributed by atoms with van der Waals surface area (Å²) in [6, 6.07) is 21.4. The van der Waals surface area contributed by atoms with Crippen LogP contribution in [0.2, 0.25) is 0 Å². The molecule has 0 radical (unpaired) electrons. The molecule has 28 heavy (non-hydrogen) atoms. The van der Waals surface area contributed by atoms with Gasteiger partial charge in [-0.15, -0.1) is 0 Å². The maximum atomic E-state index is 12.4. The minimum absolute atomic E-state index is 0.181. The van der Waals surface area contributed by atoms with E-state index in [2.05, 4.69) is 10.6 Å². The first kappa shape index (κ1) is 17.6. The molecule has 0 fully saturated rings. The Bertz CT molecular complexity index is 1000. The summed E-state index contributed by atoms with van der Waals surface area (Å²) in [7, 11) is 0. The third kappa shape index (κ3) is 3.96. The lowest BCUT2D eigenvalue weighted by molar-refractivity contribution is 0.0949. The Hall–Kier alpha value is -3.80. The average molecular weight is 374 g/mol. The molecule has 4 rings (SSSR count). The fraction of sp³-hybridized carbons (Fsp3) is 0.0909.